The molecule has 3 heteroatoms. The Labute approximate surface area is 99.6 Å². The van der Waals surface area contributed by atoms with Crippen molar-refractivity contribution in [2.24, 2.45) is 0 Å². The maximum atomic E-state index is 9.08. The highest BCUT2D eigenvalue weighted by Crippen LogP contribution is 2.32. The summed E-state index contributed by atoms with van der Waals surface area (Å²) in [5.74, 6) is 0. The van der Waals surface area contributed by atoms with E-state index in [2.05, 4.69) is 37.0 Å². The number of thiazole rings is 1. The van der Waals surface area contributed by atoms with Gasteiger partial charge in [-0.15, -0.1) is 11.3 Å². The van der Waals surface area contributed by atoms with Crippen LogP contribution >= 0.6 is 11.3 Å². The number of rotatable bonds is 2. The fraction of sp³-hybridized carbons (Fsp3) is 0.308. The summed E-state index contributed by atoms with van der Waals surface area (Å²) in [5, 5.41) is 9.87. The van der Waals surface area contributed by atoms with E-state index in [0.717, 1.165) is 10.7 Å². The molecule has 1 aromatic heterocycles. The molecule has 2 rings (SSSR count). The minimum absolute atomic E-state index is 0.0242. The van der Waals surface area contributed by atoms with E-state index in [1.807, 2.05) is 6.92 Å². The monoisotopic (exact) mass is 233 g/mol. The second kappa shape index (κ2) is 4.36. The predicted octanol–water partition coefficient (Wildman–Crippen LogP) is 3.23. The van der Waals surface area contributed by atoms with Gasteiger partial charge in [0.05, 0.1) is 17.2 Å². The Hall–Kier alpha value is -1.19. The Morgan fingerprint density at radius 1 is 1.25 bits per heavy atom. The molecule has 0 aliphatic carbocycles. The average molecular weight is 233 g/mol. The van der Waals surface area contributed by atoms with Gasteiger partial charge in [-0.25, -0.2) is 4.98 Å². The van der Waals surface area contributed by atoms with Crippen molar-refractivity contribution < 1.29 is 5.11 Å². The molecule has 2 aromatic rings. The number of hydrogen-bond acceptors (Lipinski definition) is 3. The summed E-state index contributed by atoms with van der Waals surface area (Å²) in [7, 11) is 0. The van der Waals surface area contributed by atoms with Crippen LogP contribution in [0.3, 0.4) is 0 Å². The summed E-state index contributed by atoms with van der Waals surface area (Å²) < 4.78 is 0. The van der Waals surface area contributed by atoms with Gasteiger partial charge in [0.25, 0.3) is 0 Å². The van der Waals surface area contributed by atoms with Crippen molar-refractivity contribution in [2.75, 3.05) is 0 Å². The highest BCUT2D eigenvalue weighted by atomic mass is 32.1. The van der Waals surface area contributed by atoms with Crippen molar-refractivity contribution in [3.05, 3.63) is 40.0 Å². The van der Waals surface area contributed by atoms with Crippen LogP contribution < -0.4 is 0 Å². The molecule has 84 valence electrons. The highest BCUT2D eigenvalue weighted by molar-refractivity contribution is 7.15. The maximum absolute atomic E-state index is 9.08. The third-order valence-corrected chi connectivity index (χ3v) is 3.78. The van der Waals surface area contributed by atoms with Crippen molar-refractivity contribution in [1.82, 2.24) is 4.98 Å². The van der Waals surface area contributed by atoms with Gasteiger partial charge in [-0.1, -0.05) is 23.8 Å². The van der Waals surface area contributed by atoms with E-state index in [1.165, 1.54) is 21.6 Å². The standard InChI is InChI=1S/C13H15NOS/c1-8-4-5-11(9(2)6-8)13-10(3)14-12(7-15)16-13/h4-6,15H,7H2,1-3H3. The molecule has 1 heterocycles. The third kappa shape index (κ3) is 2.01. The number of aromatic nitrogens is 1. The van der Waals surface area contributed by atoms with Crippen molar-refractivity contribution in [3.63, 3.8) is 0 Å². The van der Waals surface area contributed by atoms with E-state index in [9.17, 15) is 0 Å². The lowest BCUT2D eigenvalue weighted by Gasteiger charge is -2.04. The molecule has 0 aliphatic rings. The van der Waals surface area contributed by atoms with Gasteiger partial charge in [0, 0.05) is 0 Å². The van der Waals surface area contributed by atoms with Crippen LogP contribution in [0.5, 0.6) is 0 Å². The van der Waals surface area contributed by atoms with E-state index in [1.54, 1.807) is 11.3 Å². The number of aliphatic hydroxyl groups excluding tert-OH is 1. The summed E-state index contributed by atoms with van der Waals surface area (Å²) in [6.45, 7) is 6.22. The molecule has 1 N–H and O–H groups in total. The molecule has 16 heavy (non-hydrogen) atoms. The molecule has 2 nitrogen and oxygen atoms in total. The molecule has 0 radical (unpaired) electrons. The van der Waals surface area contributed by atoms with Crippen molar-refractivity contribution >= 4 is 11.3 Å². The van der Waals surface area contributed by atoms with Crippen molar-refractivity contribution in [2.45, 2.75) is 27.4 Å². The summed E-state index contributed by atoms with van der Waals surface area (Å²) in [5.41, 5.74) is 4.75. The average Bonchev–Trinajstić information content (AvgIpc) is 2.60. The number of aryl methyl sites for hydroxylation is 3. The first-order valence-electron chi connectivity index (χ1n) is 5.26. The first-order valence-corrected chi connectivity index (χ1v) is 6.08. The van der Waals surface area contributed by atoms with E-state index >= 15 is 0 Å². The Morgan fingerprint density at radius 3 is 2.56 bits per heavy atom. The van der Waals surface area contributed by atoms with Crippen LogP contribution in [-0.2, 0) is 6.61 Å². The Kier molecular flexibility index (Phi) is 3.08. The Balaban J connectivity index is 2.53. The summed E-state index contributed by atoms with van der Waals surface area (Å²) >= 11 is 1.57. The Morgan fingerprint density at radius 2 is 2.00 bits per heavy atom. The van der Waals surface area contributed by atoms with Gasteiger partial charge < -0.3 is 5.11 Å². The second-order valence-electron chi connectivity index (χ2n) is 4.00. The number of nitrogens with zero attached hydrogens (tertiary/aromatic N) is 1. The fourth-order valence-corrected chi connectivity index (χ4v) is 2.85. The normalized spacial score (nSPS) is 10.8. The maximum Gasteiger partial charge on any atom is 0.119 e. The first kappa shape index (κ1) is 11.3. The molecule has 0 fully saturated rings. The SMILES string of the molecule is Cc1ccc(-c2sc(CO)nc2C)c(C)c1. The highest BCUT2D eigenvalue weighted by Gasteiger charge is 2.10. The number of aliphatic hydroxyl groups is 1. The van der Waals surface area contributed by atoms with Gasteiger partial charge in [0.1, 0.15) is 5.01 Å². The lowest BCUT2D eigenvalue weighted by molar-refractivity contribution is 0.281. The zero-order valence-electron chi connectivity index (χ0n) is 9.74. The molecule has 0 atom stereocenters. The quantitative estimate of drug-likeness (QED) is 0.864. The van der Waals surface area contributed by atoms with Crippen LogP contribution in [0.4, 0.5) is 0 Å². The first-order chi connectivity index (χ1) is 7.61. The van der Waals surface area contributed by atoms with Crippen LogP contribution in [0.1, 0.15) is 21.8 Å². The smallest absolute Gasteiger partial charge is 0.119 e. The molecule has 0 amide bonds. The Bertz CT molecular complexity index is 517. The van der Waals surface area contributed by atoms with Crippen LogP contribution in [0, 0.1) is 20.8 Å². The van der Waals surface area contributed by atoms with Crippen LogP contribution in [0.25, 0.3) is 10.4 Å². The third-order valence-electron chi connectivity index (χ3n) is 2.60. The van der Waals surface area contributed by atoms with Gasteiger partial charge >= 0.3 is 0 Å². The lowest BCUT2D eigenvalue weighted by atomic mass is 10.0. The number of hydrogen-bond donors (Lipinski definition) is 1. The van der Waals surface area contributed by atoms with Gasteiger partial charge in [-0.2, -0.15) is 0 Å². The van der Waals surface area contributed by atoms with E-state index < -0.39 is 0 Å². The molecular formula is C13H15NOS. The largest absolute Gasteiger partial charge is 0.389 e. The van der Waals surface area contributed by atoms with Gasteiger partial charge in [0.15, 0.2) is 0 Å². The molecule has 1 aromatic carbocycles. The zero-order chi connectivity index (χ0) is 11.7. The molecule has 0 bridgehead atoms. The summed E-state index contributed by atoms with van der Waals surface area (Å²) in [4.78, 5) is 5.51. The predicted molar refractivity (Wildman–Crippen MR) is 67.7 cm³/mol. The second-order valence-corrected chi connectivity index (χ2v) is 5.08. The van der Waals surface area contributed by atoms with Crippen LogP contribution in [0.2, 0.25) is 0 Å². The summed E-state index contributed by atoms with van der Waals surface area (Å²) in [6, 6.07) is 6.42. The van der Waals surface area contributed by atoms with Crippen LogP contribution in [0.15, 0.2) is 18.2 Å². The molecule has 0 saturated carbocycles. The van der Waals surface area contributed by atoms with Crippen molar-refractivity contribution in [1.29, 1.82) is 0 Å². The lowest BCUT2D eigenvalue weighted by Crippen LogP contribution is -1.84. The molecular weight excluding hydrogens is 218 g/mol. The van der Waals surface area contributed by atoms with Gasteiger partial charge in [-0.05, 0) is 31.9 Å². The van der Waals surface area contributed by atoms with E-state index in [4.69, 9.17) is 5.11 Å². The topological polar surface area (TPSA) is 33.1 Å². The molecule has 0 unspecified atom stereocenters. The minimum atomic E-state index is 0.0242. The van der Waals surface area contributed by atoms with Crippen molar-refractivity contribution in [3.8, 4) is 10.4 Å². The number of benzene rings is 1. The molecule has 0 saturated heterocycles. The summed E-state index contributed by atoms with van der Waals surface area (Å²) in [6.07, 6.45) is 0. The van der Waals surface area contributed by atoms with Gasteiger partial charge in [0.2, 0.25) is 0 Å². The molecule has 0 spiro atoms. The van der Waals surface area contributed by atoms with E-state index in [0.29, 0.717) is 0 Å². The van der Waals surface area contributed by atoms with Crippen LogP contribution in [-0.4, -0.2) is 10.1 Å². The van der Waals surface area contributed by atoms with Gasteiger partial charge in [-0.3, -0.25) is 0 Å². The zero-order valence-corrected chi connectivity index (χ0v) is 10.6. The molecule has 0 aliphatic heterocycles. The van der Waals surface area contributed by atoms with E-state index in [-0.39, 0.29) is 6.61 Å². The fourth-order valence-electron chi connectivity index (χ4n) is 1.84. The minimum Gasteiger partial charge on any atom is -0.389 e.